The zero-order chi connectivity index (χ0) is 9.97. The van der Waals surface area contributed by atoms with E-state index in [0.29, 0.717) is 18.4 Å². The van der Waals surface area contributed by atoms with Crippen LogP contribution >= 0.6 is 0 Å². The Kier molecular flexibility index (Phi) is 3.06. The van der Waals surface area contributed by atoms with Gasteiger partial charge in [0.2, 0.25) is 5.91 Å². The minimum atomic E-state index is 0.336. The first-order valence-electron chi connectivity index (χ1n) is 5.84. The maximum atomic E-state index is 11.7. The summed E-state index contributed by atoms with van der Waals surface area (Å²) in [6, 6.07) is 1.30. The third-order valence-corrected chi connectivity index (χ3v) is 3.00. The minimum Gasteiger partial charge on any atom is -0.340 e. The summed E-state index contributed by atoms with van der Waals surface area (Å²) in [4.78, 5) is 13.8. The summed E-state index contributed by atoms with van der Waals surface area (Å²) in [6.07, 6.45) is 5.72. The highest BCUT2D eigenvalue weighted by atomic mass is 16.2. The lowest BCUT2D eigenvalue weighted by atomic mass is 10.3. The van der Waals surface area contributed by atoms with Crippen LogP contribution in [0.1, 0.15) is 39.0 Å². The summed E-state index contributed by atoms with van der Waals surface area (Å²) in [5, 5.41) is 3.38. The zero-order valence-electron chi connectivity index (χ0n) is 8.96. The highest BCUT2D eigenvalue weighted by molar-refractivity contribution is 5.77. The van der Waals surface area contributed by atoms with E-state index >= 15 is 0 Å². The number of nitrogens with zero attached hydrogens (tertiary/aromatic N) is 1. The molecule has 0 unspecified atom stereocenters. The van der Waals surface area contributed by atoms with Crippen molar-refractivity contribution in [3.05, 3.63) is 0 Å². The first-order valence-corrected chi connectivity index (χ1v) is 5.84. The number of rotatable bonds is 6. The number of carbonyl (C=O) groups is 1. The van der Waals surface area contributed by atoms with Crippen molar-refractivity contribution >= 4 is 5.91 Å². The maximum absolute atomic E-state index is 11.7. The Bertz CT molecular complexity index is 209. The normalized spacial score (nSPS) is 20.9. The van der Waals surface area contributed by atoms with Gasteiger partial charge in [0, 0.05) is 31.6 Å². The lowest BCUT2D eigenvalue weighted by molar-refractivity contribution is -0.131. The van der Waals surface area contributed by atoms with Crippen molar-refractivity contribution in [1.29, 1.82) is 0 Å². The predicted molar refractivity (Wildman–Crippen MR) is 56.1 cm³/mol. The van der Waals surface area contributed by atoms with Gasteiger partial charge < -0.3 is 10.2 Å². The van der Waals surface area contributed by atoms with Gasteiger partial charge >= 0.3 is 0 Å². The summed E-state index contributed by atoms with van der Waals surface area (Å²) >= 11 is 0. The van der Waals surface area contributed by atoms with Gasteiger partial charge in [-0.3, -0.25) is 4.79 Å². The molecule has 0 radical (unpaired) electrons. The van der Waals surface area contributed by atoms with E-state index in [-0.39, 0.29) is 0 Å². The van der Waals surface area contributed by atoms with Gasteiger partial charge in [-0.15, -0.1) is 0 Å². The second kappa shape index (κ2) is 4.30. The Balaban J connectivity index is 1.64. The van der Waals surface area contributed by atoms with Crippen molar-refractivity contribution in [3.8, 4) is 0 Å². The zero-order valence-corrected chi connectivity index (χ0v) is 8.96. The summed E-state index contributed by atoms with van der Waals surface area (Å²) in [5.41, 5.74) is 0. The number of nitrogens with one attached hydrogen (secondary N) is 1. The van der Waals surface area contributed by atoms with Crippen LogP contribution in [0.25, 0.3) is 0 Å². The van der Waals surface area contributed by atoms with Crippen molar-refractivity contribution < 1.29 is 4.79 Å². The Labute approximate surface area is 85.8 Å². The molecule has 1 amide bonds. The Morgan fingerprint density at radius 2 is 2.07 bits per heavy atom. The van der Waals surface area contributed by atoms with Crippen molar-refractivity contribution in [2.45, 2.75) is 51.1 Å². The standard InChI is InChI=1S/C11H20N2O/c1-2-13(10-5-6-10)11(14)7-8-12-9-3-4-9/h9-10,12H,2-8H2,1H3. The van der Waals surface area contributed by atoms with E-state index in [9.17, 15) is 4.79 Å². The van der Waals surface area contributed by atoms with Gasteiger partial charge in [0.1, 0.15) is 0 Å². The molecule has 2 rings (SSSR count). The molecule has 0 heterocycles. The smallest absolute Gasteiger partial charge is 0.224 e. The van der Waals surface area contributed by atoms with Crippen LogP contribution in [0.5, 0.6) is 0 Å². The molecule has 3 heteroatoms. The molecule has 0 aromatic rings. The van der Waals surface area contributed by atoms with E-state index in [0.717, 1.165) is 19.1 Å². The SMILES string of the molecule is CCN(C(=O)CCNC1CC1)C1CC1. The van der Waals surface area contributed by atoms with Gasteiger partial charge in [0.15, 0.2) is 0 Å². The molecule has 2 aliphatic rings. The second-order valence-electron chi connectivity index (χ2n) is 4.39. The summed E-state index contributed by atoms with van der Waals surface area (Å²) in [6.45, 7) is 3.82. The Morgan fingerprint density at radius 1 is 1.36 bits per heavy atom. The predicted octanol–water partition coefficient (Wildman–Crippen LogP) is 1.14. The highest BCUT2D eigenvalue weighted by Crippen LogP contribution is 2.27. The lowest BCUT2D eigenvalue weighted by Crippen LogP contribution is -2.35. The summed E-state index contributed by atoms with van der Waals surface area (Å²) in [7, 11) is 0. The first-order chi connectivity index (χ1) is 6.81. The highest BCUT2D eigenvalue weighted by Gasteiger charge is 2.31. The minimum absolute atomic E-state index is 0.336. The van der Waals surface area contributed by atoms with Crippen molar-refractivity contribution in [2.24, 2.45) is 0 Å². The van der Waals surface area contributed by atoms with Crippen molar-refractivity contribution in [2.75, 3.05) is 13.1 Å². The van der Waals surface area contributed by atoms with Crippen LogP contribution in [0.3, 0.4) is 0 Å². The molecule has 0 atom stereocenters. The maximum Gasteiger partial charge on any atom is 0.224 e. The average molecular weight is 196 g/mol. The fourth-order valence-corrected chi connectivity index (χ4v) is 1.84. The van der Waals surface area contributed by atoms with Gasteiger partial charge in [-0.25, -0.2) is 0 Å². The van der Waals surface area contributed by atoms with Crippen molar-refractivity contribution in [1.82, 2.24) is 10.2 Å². The first kappa shape index (κ1) is 9.97. The molecular weight excluding hydrogens is 176 g/mol. The van der Waals surface area contributed by atoms with E-state index in [2.05, 4.69) is 12.2 Å². The van der Waals surface area contributed by atoms with Gasteiger partial charge in [0.25, 0.3) is 0 Å². The van der Waals surface area contributed by atoms with Crippen LogP contribution in [0.2, 0.25) is 0 Å². The molecule has 3 nitrogen and oxygen atoms in total. The molecule has 14 heavy (non-hydrogen) atoms. The number of amides is 1. The molecule has 2 fully saturated rings. The van der Waals surface area contributed by atoms with Gasteiger partial charge in [-0.05, 0) is 32.6 Å². The van der Waals surface area contributed by atoms with Gasteiger partial charge in [-0.2, -0.15) is 0 Å². The summed E-state index contributed by atoms with van der Waals surface area (Å²) in [5.74, 6) is 0.336. The van der Waals surface area contributed by atoms with E-state index < -0.39 is 0 Å². The molecule has 1 N–H and O–H groups in total. The number of carbonyl (C=O) groups excluding carboxylic acids is 1. The van der Waals surface area contributed by atoms with E-state index in [1.165, 1.54) is 25.7 Å². The van der Waals surface area contributed by atoms with Crippen LogP contribution in [0.4, 0.5) is 0 Å². The molecule has 0 aromatic heterocycles. The quantitative estimate of drug-likeness (QED) is 0.691. The van der Waals surface area contributed by atoms with Crippen LogP contribution in [-0.2, 0) is 4.79 Å². The molecule has 80 valence electrons. The topological polar surface area (TPSA) is 32.3 Å². The van der Waals surface area contributed by atoms with Gasteiger partial charge in [0.05, 0.1) is 0 Å². The molecule has 0 saturated heterocycles. The van der Waals surface area contributed by atoms with Crippen LogP contribution in [0.15, 0.2) is 0 Å². The average Bonchev–Trinajstić information content (AvgIpc) is 3.00. The molecule has 2 saturated carbocycles. The largest absolute Gasteiger partial charge is 0.340 e. The fraction of sp³-hybridized carbons (Fsp3) is 0.909. The monoisotopic (exact) mass is 196 g/mol. The Morgan fingerprint density at radius 3 is 2.57 bits per heavy atom. The lowest BCUT2D eigenvalue weighted by Gasteiger charge is -2.20. The van der Waals surface area contributed by atoms with E-state index in [4.69, 9.17) is 0 Å². The number of hydrogen-bond donors (Lipinski definition) is 1. The summed E-state index contributed by atoms with van der Waals surface area (Å²) < 4.78 is 0. The van der Waals surface area contributed by atoms with Crippen LogP contribution in [-0.4, -0.2) is 36.0 Å². The number of hydrogen-bond acceptors (Lipinski definition) is 2. The van der Waals surface area contributed by atoms with E-state index in [1.54, 1.807) is 0 Å². The van der Waals surface area contributed by atoms with Crippen LogP contribution in [0, 0.1) is 0 Å². The second-order valence-corrected chi connectivity index (χ2v) is 4.39. The molecular formula is C11H20N2O. The molecule has 0 bridgehead atoms. The van der Waals surface area contributed by atoms with E-state index in [1.807, 2.05) is 4.90 Å². The molecule has 0 spiro atoms. The van der Waals surface area contributed by atoms with Crippen molar-refractivity contribution in [3.63, 3.8) is 0 Å². The van der Waals surface area contributed by atoms with Gasteiger partial charge in [-0.1, -0.05) is 0 Å². The molecule has 0 aromatic carbocycles. The third-order valence-electron chi connectivity index (χ3n) is 3.00. The molecule has 2 aliphatic carbocycles. The Hall–Kier alpha value is -0.570. The molecule has 0 aliphatic heterocycles. The third kappa shape index (κ3) is 2.71. The van der Waals surface area contributed by atoms with Crippen LogP contribution < -0.4 is 5.32 Å². The fourth-order valence-electron chi connectivity index (χ4n) is 1.84.